The van der Waals surface area contributed by atoms with Crippen molar-refractivity contribution in [2.75, 3.05) is 18.4 Å². The first kappa shape index (κ1) is 18.0. The average molecular weight is 380 g/mol. The van der Waals surface area contributed by atoms with Crippen LogP contribution in [0.25, 0.3) is 0 Å². The van der Waals surface area contributed by atoms with Gasteiger partial charge in [-0.2, -0.15) is 0 Å². The molecular formula is C18H19Cl2N3O2. The highest BCUT2D eigenvalue weighted by Crippen LogP contribution is 2.23. The molecule has 0 aliphatic carbocycles. The van der Waals surface area contributed by atoms with Crippen molar-refractivity contribution in [2.24, 2.45) is 11.8 Å². The minimum Gasteiger partial charge on any atom is -0.325 e. The van der Waals surface area contributed by atoms with Gasteiger partial charge >= 0.3 is 0 Å². The summed E-state index contributed by atoms with van der Waals surface area (Å²) in [6.07, 6.45) is 1.65. The number of nitrogens with one attached hydrogen (secondary N) is 2. The van der Waals surface area contributed by atoms with Crippen molar-refractivity contribution < 1.29 is 4.79 Å². The summed E-state index contributed by atoms with van der Waals surface area (Å²) in [5.74, 6) is 0.255. The fourth-order valence-corrected chi connectivity index (χ4v) is 3.02. The lowest BCUT2D eigenvalue weighted by Crippen LogP contribution is -2.48. The number of benzene rings is 1. The zero-order chi connectivity index (χ0) is 18.0. The lowest BCUT2D eigenvalue weighted by atomic mass is 9.88. The van der Waals surface area contributed by atoms with Gasteiger partial charge in [-0.15, -0.1) is 0 Å². The third-order valence-corrected chi connectivity index (χ3v) is 5.26. The van der Waals surface area contributed by atoms with Crippen LogP contribution in [0.15, 0.2) is 41.3 Å². The van der Waals surface area contributed by atoms with Gasteiger partial charge in [0.15, 0.2) is 0 Å². The van der Waals surface area contributed by atoms with Gasteiger partial charge in [0.05, 0.1) is 22.3 Å². The van der Waals surface area contributed by atoms with Gasteiger partial charge in [-0.3, -0.25) is 9.59 Å². The summed E-state index contributed by atoms with van der Waals surface area (Å²) in [6.45, 7) is 4.00. The maximum atomic E-state index is 12.3. The zero-order valence-corrected chi connectivity index (χ0v) is 15.3. The lowest BCUT2D eigenvalue weighted by molar-refractivity contribution is -0.121. The highest BCUT2D eigenvalue weighted by atomic mass is 35.5. The van der Waals surface area contributed by atoms with E-state index in [-0.39, 0.29) is 17.4 Å². The van der Waals surface area contributed by atoms with Crippen LogP contribution in [0.5, 0.6) is 0 Å². The first-order chi connectivity index (χ1) is 11.9. The minimum atomic E-state index is -0.152. The van der Waals surface area contributed by atoms with Crippen LogP contribution >= 0.6 is 23.2 Å². The fraction of sp³-hybridized carbons (Fsp3) is 0.333. The molecule has 5 nitrogen and oxygen atoms in total. The maximum absolute atomic E-state index is 12.3. The summed E-state index contributed by atoms with van der Waals surface area (Å²) < 4.78 is 1.53. The van der Waals surface area contributed by atoms with Crippen molar-refractivity contribution in [3.63, 3.8) is 0 Å². The Balaban J connectivity index is 1.74. The number of pyridine rings is 1. The summed E-state index contributed by atoms with van der Waals surface area (Å²) >= 11 is 11.9. The Morgan fingerprint density at radius 2 is 2.04 bits per heavy atom. The Kier molecular flexibility index (Phi) is 5.47. The van der Waals surface area contributed by atoms with Crippen molar-refractivity contribution in [1.29, 1.82) is 0 Å². The third kappa shape index (κ3) is 4.24. The molecule has 3 rings (SSSR count). The van der Waals surface area contributed by atoms with E-state index in [2.05, 4.69) is 10.6 Å². The van der Waals surface area contributed by atoms with Gasteiger partial charge in [0.1, 0.15) is 0 Å². The SMILES string of the molecule is CC(C(=O)Nc1ccc(=O)n(Cc2ccc(Cl)c(Cl)c2)c1)C1CNC1. The van der Waals surface area contributed by atoms with Gasteiger partial charge in [0.2, 0.25) is 5.91 Å². The lowest BCUT2D eigenvalue weighted by Gasteiger charge is -2.31. The van der Waals surface area contributed by atoms with E-state index in [0.717, 1.165) is 18.7 Å². The molecule has 1 aliphatic heterocycles. The first-order valence-corrected chi connectivity index (χ1v) is 8.85. The Morgan fingerprint density at radius 3 is 2.68 bits per heavy atom. The molecule has 1 unspecified atom stereocenters. The molecule has 132 valence electrons. The molecule has 1 fully saturated rings. The number of aromatic nitrogens is 1. The second kappa shape index (κ2) is 7.60. The van der Waals surface area contributed by atoms with Gasteiger partial charge in [-0.05, 0) is 42.8 Å². The number of amides is 1. The summed E-state index contributed by atoms with van der Waals surface area (Å²) in [5.41, 5.74) is 1.30. The standard InChI is InChI=1S/C18H19Cl2N3O2/c1-11(13-7-21-8-13)18(25)22-14-3-5-17(24)23(10-14)9-12-2-4-15(19)16(20)6-12/h2-6,10-11,13,21H,7-9H2,1H3,(H,22,25). The van der Waals surface area contributed by atoms with Gasteiger partial charge in [-0.1, -0.05) is 36.2 Å². The van der Waals surface area contributed by atoms with Gasteiger partial charge in [-0.25, -0.2) is 0 Å². The number of hydrogen-bond acceptors (Lipinski definition) is 3. The number of anilines is 1. The molecule has 0 saturated carbocycles. The third-order valence-electron chi connectivity index (χ3n) is 4.52. The normalized spacial score (nSPS) is 15.5. The number of halogens is 2. The van der Waals surface area contributed by atoms with Crippen LogP contribution in [-0.4, -0.2) is 23.6 Å². The predicted molar refractivity (Wildman–Crippen MR) is 100 cm³/mol. The Labute approximate surface area is 155 Å². The van der Waals surface area contributed by atoms with Crippen LogP contribution in [0.1, 0.15) is 12.5 Å². The van der Waals surface area contributed by atoms with E-state index in [1.54, 1.807) is 24.4 Å². The van der Waals surface area contributed by atoms with Gasteiger partial charge < -0.3 is 15.2 Å². The van der Waals surface area contributed by atoms with E-state index in [4.69, 9.17) is 23.2 Å². The highest BCUT2D eigenvalue weighted by molar-refractivity contribution is 6.42. The quantitative estimate of drug-likeness (QED) is 0.838. The number of hydrogen-bond donors (Lipinski definition) is 2. The smallest absolute Gasteiger partial charge is 0.250 e. The largest absolute Gasteiger partial charge is 0.325 e. The number of nitrogens with zero attached hydrogens (tertiary/aromatic N) is 1. The molecule has 1 aromatic carbocycles. The van der Waals surface area contributed by atoms with E-state index in [9.17, 15) is 9.59 Å². The van der Waals surface area contributed by atoms with Crippen LogP contribution in [0, 0.1) is 11.8 Å². The number of carbonyl (C=O) groups is 1. The molecule has 2 heterocycles. The van der Waals surface area contributed by atoms with Crippen LogP contribution in [0.2, 0.25) is 10.0 Å². The average Bonchev–Trinajstić information content (AvgIpc) is 2.52. The topological polar surface area (TPSA) is 63.1 Å². The molecule has 1 amide bonds. The fourth-order valence-electron chi connectivity index (χ4n) is 2.70. The van der Waals surface area contributed by atoms with Crippen molar-refractivity contribution in [3.05, 3.63) is 62.5 Å². The van der Waals surface area contributed by atoms with Gasteiger partial charge in [0.25, 0.3) is 5.56 Å². The zero-order valence-electron chi connectivity index (χ0n) is 13.8. The van der Waals surface area contributed by atoms with E-state index in [1.807, 2.05) is 13.0 Å². The van der Waals surface area contributed by atoms with E-state index >= 15 is 0 Å². The summed E-state index contributed by atoms with van der Waals surface area (Å²) in [7, 11) is 0. The molecule has 0 spiro atoms. The van der Waals surface area contributed by atoms with E-state index in [1.165, 1.54) is 10.6 Å². The van der Waals surface area contributed by atoms with Crippen LogP contribution in [0.3, 0.4) is 0 Å². The summed E-state index contributed by atoms with van der Waals surface area (Å²) in [6, 6.07) is 8.31. The van der Waals surface area contributed by atoms with Crippen LogP contribution in [0.4, 0.5) is 5.69 Å². The molecule has 1 saturated heterocycles. The molecular weight excluding hydrogens is 361 g/mol. The molecule has 1 aromatic heterocycles. The van der Waals surface area contributed by atoms with E-state index < -0.39 is 0 Å². The molecule has 0 bridgehead atoms. The Bertz CT molecular complexity index is 846. The summed E-state index contributed by atoms with van der Waals surface area (Å²) in [4.78, 5) is 24.4. The minimum absolute atomic E-state index is 0.0359. The molecule has 7 heteroatoms. The van der Waals surface area contributed by atoms with Crippen LogP contribution < -0.4 is 16.2 Å². The second-order valence-electron chi connectivity index (χ2n) is 6.33. The molecule has 1 atom stereocenters. The molecule has 2 N–H and O–H groups in total. The first-order valence-electron chi connectivity index (χ1n) is 8.10. The Hall–Kier alpha value is -1.82. The number of rotatable bonds is 5. The second-order valence-corrected chi connectivity index (χ2v) is 7.14. The van der Waals surface area contributed by atoms with Crippen molar-refractivity contribution in [1.82, 2.24) is 9.88 Å². The monoisotopic (exact) mass is 379 g/mol. The van der Waals surface area contributed by atoms with Gasteiger partial charge in [0, 0.05) is 18.2 Å². The maximum Gasteiger partial charge on any atom is 0.250 e. The molecule has 1 aliphatic rings. The van der Waals surface area contributed by atoms with Crippen LogP contribution in [-0.2, 0) is 11.3 Å². The molecule has 25 heavy (non-hydrogen) atoms. The Morgan fingerprint density at radius 1 is 1.28 bits per heavy atom. The highest BCUT2D eigenvalue weighted by Gasteiger charge is 2.28. The van der Waals surface area contributed by atoms with Crippen molar-refractivity contribution in [3.8, 4) is 0 Å². The predicted octanol–water partition coefficient (Wildman–Crippen LogP) is 3.00. The summed E-state index contributed by atoms with van der Waals surface area (Å²) in [5, 5.41) is 6.97. The molecule has 0 radical (unpaired) electrons. The van der Waals surface area contributed by atoms with E-state index in [0.29, 0.717) is 28.2 Å². The van der Waals surface area contributed by atoms with Crippen molar-refractivity contribution in [2.45, 2.75) is 13.5 Å². The molecule has 2 aromatic rings. The number of carbonyl (C=O) groups excluding carboxylic acids is 1. The van der Waals surface area contributed by atoms with Crippen molar-refractivity contribution >= 4 is 34.8 Å².